The zero-order valence-corrected chi connectivity index (χ0v) is 13.7. The summed E-state index contributed by atoms with van der Waals surface area (Å²) in [7, 11) is 0. The van der Waals surface area contributed by atoms with E-state index in [-0.39, 0.29) is 10.4 Å². The normalized spacial score (nSPS) is 13.1. The molecule has 0 aliphatic heterocycles. The highest BCUT2D eigenvalue weighted by atomic mass is 32.2. The third-order valence-corrected chi connectivity index (χ3v) is 5.58. The number of aliphatic hydroxyl groups excluding tert-OH is 1. The van der Waals surface area contributed by atoms with Crippen molar-refractivity contribution in [2.75, 3.05) is 19.3 Å². The minimum atomic E-state index is -0.654. The van der Waals surface area contributed by atoms with Crippen molar-refractivity contribution in [3.8, 4) is 0 Å². The van der Waals surface area contributed by atoms with E-state index >= 15 is 0 Å². The monoisotopic (exact) mass is 312 g/mol. The predicted octanol–water partition coefficient (Wildman–Crippen LogP) is 3.14. The van der Waals surface area contributed by atoms with Gasteiger partial charge in [-0.05, 0) is 36.8 Å². The van der Waals surface area contributed by atoms with Gasteiger partial charge in [-0.3, -0.25) is 10.1 Å². The Hall–Kier alpha value is -1.11. The summed E-state index contributed by atoms with van der Waals surface area (Å²) < 4.78 is 0.204. The highest BCUT2D eigenvalue weighted by Gasteiger charge is 2.24. The summed E-state index contributed by atoms with van der Waals surface area (Å²) >= 11 is 1.85. The summed E-state index contributed by atoms with van der Waals surface area (Å²) in [6, 6.07) is 6.05. The summed E-state index contributed by atoms with van der Waals surface area (Å²) in [6.45, 7) is 5.63. The molecular weight excluding hydrogens is 288 g/mol. The first kappa shape index (κ1) is 17.9. The summed E-state index contributed by atoms with van der Waals surface area (Å²) in [5, 5.41) is 24.0. The van der Waals surface area contributed by atoms with E-state index in [9.17, 15) is 15.2 Å². The lowest BCUT2D eigenvalue weighted by Gasteiger charge is -2.30. The van der Waals surface area contributed by atoms with Crippen molar-refractivity contribution >= 4 is 17.4 Å². The number of nitrogens with zero attached hydrogens (tertiary/aromatic N) is 1. The van der Waals surface area contributed by atoms with Crippen LogP contribution < -0.4 is 5.32 Å². The van der Waals surface area contributed by atoms with Crippen LogP contribution in [0.4, 0.5) is 5.69 Å². The molecule has 1 unspecified atom stereocenters. The van der Waals surface area contributed by atoms with E-state index in [0.29, 0.717) is 12.1 Å². The molecule has 6 heteroatoms. The van der Waals surface area contributed by atoms with Crippen LogP contribution in [0.25, 0.3) is 0 Å². The highest BCUT2D eigenvalue weighted by Crippen LogP contribution is 2.29. The predicted molar refractivity (Wildman–Crippen MR) is 87.8 cm³/mol. The van der Waals surface area contributed by atoms with E-state index in [1.165, 1.54) is 12.1 Å². The number of nitro benzene ring substituents is 1. The van der Waals surface area contributed by atoms with Crippen molar-refractivity contribution in [3.63, 3.8) is 0 Å². The average molecular weight is 312 g/mol. The van der Waals surface area contributed by atoms with Crippen LogP contribution in [0.15, 0.2) is 24.3 Å². The first-order valence-corrected chi connectivity index (χ1v) is 8.38. The molecule has 0 radical (unpaired) electrons. The molecule has 0 saturated heterocycles. The number of non-ortho nitro benzene ring substituents is 1. The molecule has 21 heavy (non-hydrogen) atoms. The molecule has 0 fully saturated rings. The van der Waals surface area contributed by atoms with Crippen LogP contribution in [0.1, 0.15) is 38.4 Å². The Bertz CT molecular complexity index is 438. The molecular formula is C15H24N2O3S. The van der Waals surface area contributed by atoms with Gasteiger partial charge in [0.15, 0.2) is 0 Å². The largest absolute Gasteiger partial charge is 0.387 e. The van der Waals surface area contributed by atoms with Gasteiger partial charge >= 0.3 is 0 Å². The lowest BCUT2D eigenvalue weighted by molar-refractivity contribution is -0.384. The number of nitro groups is 1. The zero-order valence-electron chi connectivity index (χ0n) is 12.8. The maximum atomic E-state index is 10.6. The van der Waals surface area contributed by atoms with Crippen LogP contribution in [0.2, 0.25) is 0 Å². The maximum absolute atomic E-state index is 10.6. The van der Waals surface area contributed by atoms with Crippen LogP contribution in [0.3, 0.4) is 0 Å². The van der Waals surface area contributed by atoms with Crippen LogP contribution in [0.5, 0.6) is 0 Å². The van der Waals surface area contributed by atoms with Gasteiger partial charge in [-0.2, -0.15) is 11.8 Å². The van der Waals surface area contributed by atoms with E-state index in [1.54, 1.807) is 12.1 Å². The standard InChI is InChI=1S/C15H24N2O3S/c1-4-15(5-2,21-3)11-16-10-14(18)12-6-8-13(9-7-12)17(19)20/h6-9,14,16,18H,4-5,10-11H2,1-3H3. The smallest absolute Gasteiger partial charge is 0.269 e. The highest BCUT2D eigenvalue weighted by molar-refractivity contribution is 8.00. The molecule has 2 N–H and O–H groups in total. The van der Waals surface area contributed by atoms with Gasteiger partial charge in [0.1, 0.15) is 0 Å². The van der Waals surface area contributed by atoms with Gasteiger partial charge in [-0.25, -0.2) is 0 Å². The van der Waals surface area contributed by atoms with Crippen LogP contribution in [0, 0.1) is 10.1 Å². The van der Waals surface area contributed by atoms with Crippen LogP contribution in [-0.4, -0.2) is 34.1 Å². The van der Waals surface area contributed by atoms with Gasteiger partial charge in [0.2, 0.25) is 0 Å². The van der Waals surface area contributed by atoms with Crippen LogP contribution in [-0.2, 0) is 0 Å². The summed E-state index contributed by atoms with van der Waals surface area (Å²) in [5.41, 5.74) is 0.730. The molecule has 0 heterocycles. The fourth-order valence-electron chi connectivity index (χ4n) is 2.23. The van der Waals surface area contributed by atoms with E-state index in [2.05, 4.69) is 25.4 Å². The quantitative estimate of drug-likeness (QED) is 0.541. The molecule has 5 nitrogen and oxygen atoms in total. The van der Waals surface area contributed by atoms with Crippen LogP contribution >= 0.6 is 11.8 Å². The van der Waals surface area contributed by atoms with Crippen molar-refractivity contribution < 1.29 is 10.0 Å². The number of rotatable bonds is 9. The van der Waals surface area contributed by atoms with Gasteiger partial charge in [-0.1, -0.05) is 13.8 Å². The number of hydrogen-bond acceptors (Lipinski definition) is 5. The second-order valence-electron chi connectivity index (χ2n) is 5.09. The first-order chi connectivity index (χ1) is 9.98. The van der Waals surface area contributed by atoms with Gasteiger partial charge in [0, 0.05) is 30.0 Å². The molecule has 0 aliphatic rings. The molecule has 1 aromatic rings. The molecule has 1 atom stereocenters. The molecule has 118 valence electrons. The lowest BCUT2D eigenvalue weighted by Crippen LogP contribution is -2.38. The van der Waals surface area contributed by atoms with E-state index in [1.807, 2.05) is 11.8 Å². The van der Waals surface area contributed by atoms with Gasteiger partial charge < -0.3 is 10.4 Å². The SMILES string of the molecule is CCC(CC)(CNCC(O)c1ccc([N+](=O)[O-])cc1)SC. The average Bonchev–Trinajstić information content (AvgIpc) is 2.52. The van der Waals surface area contributed by atoms with Crippen molar-refractivity contribution in [1.29, 1.82) is 0 Å². The Balaban J connectivity index is 2.53. The Morgan fingerprint density at radius 2 is 1.90 bits per heavy atom. The Morgan fingerprint density at radius 1 is 1.33 bits per heavy atom. The second-order valence-corrected chi connectivity index (χ2v) is 6.36. The Morgan fingerprint density at radius 3 is 2.33 bits per heavy atom. The van der Waals surface area contributed by atoms with E-state index in [0.717, 1.165) is 19.4 Å². The van der Waals surface area contributed by atoms with Crippen molar-refractivity contribution in [3.05, 3.63) is 39.9 Å². The molecule has 0 amide bonds. The summed E-state index contributed by atoms with van der Waals surface area (Å²) in [6.07, 6.45) is 3.61. The van der Waals surface area contributed by atoms with Crippen molar-refractivity contribution in [1.82, 2.24) is 5.32 Å². The molecule has 0 aromatic heterocycles. The maximum Gasteiger partial charge on any atom is 0.269 e. The molecule has 0 bridgehead atoms. The molecule has 0 aliphatic carbocycles. The van der Waals surface area contributed by atoms with Gasteiger partial charge in [0.25, 0.3) is 5.69 Å². The topological polar surface area (TPSA) is 75.4 Å². The minimum Gasteiger partial charge on any atom is -0.387 e. The molecule has 1 aromatic carbocycles. The van der Waals surface area contributed by atoms with Crippen molar-refractivity contribution in [2.24, 2.45) is 0 Å². The Kier molecular flexibility index (Phi) is 7.14. The first-order valence-electron chi connectivity index (χ1n) is 7.16. The summed E-state index contributed by atoms with van der Waals surface area (Å²) in [4.78, 5) is 10.2. The van der Waals surface area contributed by atoms with Crippen molar-refractivity contribution in [2.45, 2.75) is 37.5 Å². The minimum absolute atomic E-state index is 0.0391. The Labute approximate surface area is 130 Å². The second kappa shape index (κ2) is 8.36. The third-order valence-electron chi connectivity index (χ3n) is 4.00. The molecule has 1 rings (SSSR count). The summed E-state index contributed by atoms with van der Waals surface area (Å²) in [5.74, 6) is 0. The number of thioether (sulfide) groups is 1. The third kappa shape index (κ3) is 4.98. The molecule has 0 spiro atoms. The van der Waals surface area contributed by atoms with E-state index < -0.39 is 11.0 Å². The fourth-order valence-corrected chi connectivity index (χ4v) is 3.06. The fraction of sp³-hybridized carbons (Fsp3) is 0.600. The van der Waals surface area contributed by atoms with Gasteiger partial charge in [0.05, 0.1) is 11.0 Å². The zero-order chi connectivity index (χ0) is 15.9. The lowest BCUT2D eigenvalue weighted by atomic mass is 10.0. The van der Waals surface area contributed by atoms with E-state index in [4.69, 9.17) is 0 Å². The number of nitrogens with one attached hydrogen (secondary N) is 1. The number of aliphatic hydroxyl groups is 1. The molecule has 0 saturated carbocycles. The number of benzene rings is 1. The van der Waals surface area contributed by atoms with Gasteiger partial charge in [-0.15, -0.1) is 0 Å². The number of hydrogen-bond donors (Lipinski definition) is 2.